The van der Waals surface area contributed by atoms with Crippen molar-refractivity contribution in [2.24, 2.45) is 0 Å². The standard InChI is InChI=1S/C15H21N3O3S/c1-11-6-8-22-12(11)9-16(2)13(19)5-4-7-18-14(20)10-17(3)15(18)21/h6,8H,4-5,7,9-10H2,1-3H3. The number of hydrogen-bond acceptors (Lipinski definition) is 4. The second-order valence-electron chi connectivity index (χ2n) is 5.56. The molecule has 2 heterocycles. The molecule has 7 heteroatoms. The summed E-state index contributed by atoms with van der Waals surface area (Å²) in [7, 11) is 3.38. The van der Waals surface area contributed by atoms with Crippen LogP contribution in [0.2, 0.25) is 0 Å². The van der Waals surface area contributed by atoms with Crippen LogP contribution in [0.3, 0.4) is 0 Å². The van der Waals surface area contributed by atoms with Gasteiger partial charge in [0.25, 0.3) is 0 Å². The van der Waals surface area contributed by atoms with E-state index in [4.69, 9.17) is 0 Å². The van der Waals surface area contributed by atoms with E-state index in [2.05, 4.69) is 0 Å². The van der Waals surface area contributed by atoms with Crippen molar-refractivity contribution in [1.82, 2.24) is 14.7 Å². The molecule has 0 spiro atoms. The summed E-state index contributed by atoms with van der Waals surface area (Å²) in [5.41, 5.74) is 1.20. The fourth-order valence-corrected chi connectivity index (χ4v) is 3.30. The predicted molar refractivity (Wildman–Crippen MR) is 84.5 cm³/mol. The highest BCUT2D eigenvalue weighted by molar-refractivity contribution is 7.10. The first-order valence-corrected chi connectivity index (χ1v) is 8.10. The molecule has 6 nitrogen and oxygen atoms in total. The molecule has 1 aromatic rings. The minimum absolute atomic E-state index is 0.0280. The van der Waals surface area contributed by atoms with Crippen molar-refractivity contribution in [3.63, 3.8) is 0 Å². The van der Waals surface area contributed by atoms with Gasteiger partial charge in [-0.3, -0.25) is 14.5 Å². The lowest BCUT2D eigenvalue weighted by molar-refractivity contribution is -0.131. The van der Waals surface area contributed by atoms with Gasteiger partial charge in [0, 0.05) is 31.9 Å². The van der Waals surface area contributed by atoms with Crippen molar-refractivity contribution >= 4 is 29.2 Å². The Morgan fingerprint density at radius 1 is 1.41 bits per heavy atom. The van der Waals surface area contributed by atoms with E-state index in [9.17, 15) is 14.4 Å². The Hall–Kier alpha value is -1.89. The first-order valence-electron chi connectivity index (χ1n) is 7.22. The van der Waals surface area contributed by atoms with Gasteiger partial charge in [0.15, 0.2) is 0 Å². The monoisotopic (exact) mass is 323 g/mol. The van der Waals surface area contributed by atoms with Crippen LogP contribution in [0.25, 0.3) is 0 Å². The van der Waals surface area contributed by atoms with Crippen molar-refractivity contribution in [2.45, 2.75) is 26.3 Å². The van der Waals surface area contributed by atoms with E-state index in [0.29, 0.717) is 25.9 Å². The highest BCUT2D eigenvalue weighted by Gasteiger charge is 2.32. The Balaban J connectivity index is 1.77. The lowest BCUT2D eigenvalue weighted by Gasteiger charge is -2.18. The number of thiophene rings is 1. The number of likely N-dealkylation sites (N-methyl/N-ethyl adjacent to an activating group) is 1. The third kappa shape index (κ3) is 3.65. The van der Waals surface area contributed by atoms with E-state index in [1.165, 1.54) is 20.2 Å². The van der Waals surface area contributed by atoms with Crippen LogP contribution in [0.1, 0.15) is 23.3 Å². The van der Waals surface area contributed by atoms with Gasteiger partial charge in [-0.05, 0) is 30.4 Å². The van der Waals surface area contributed by atoms with Gasteiger partial charge in [0.2, 0.25) is 11.8 Å². The second-order valence-corrected chi connectivity index (χ2v) is 6.56. The molecule has 1 fully saturated rings. The normalized spacial score (nSPS) is 14.9. The fourth-order valence-electron chi connectivity index (χ4n) is 2.34. The van der Waals surface area contributed by atoms with Crippen LogP contribution in [0.5, 0.6) is 0 Å². The molecule has 0 aliphatic carbocycles. The van der Waals surface area contributed by atoms with Crippen molar-refractivity contribution < 1.29 is 14.4 Å². The van der Waals surface area contributed by atoms with E-state index in [1.807, 2.05) is 18.4 Å². The van der Waals surface area contributed by atoms with Crippen molar-refractivity contribution in [1.29, 1.82) is 0 Å². The molecule has 0 bridgehead atoms. The molecule has 2 rings (SSSR count). The van der Waals surface area contributed by atoms with Gasteiger partial charge in [-0.25, -0.2) is 4.79 Å². The molecule has 0 N–H and O–H groups in total. The zero-order valence-corrected chi connectivity index (χ0v) is 14.0. The number of aryl methyl sites for hydroxylation is 1. The van der Waals surface area contributed by atoms with Crippen molar-refractivity contribution in [2.75, 3.05) is 27.2 Å². The van der Waals surface area contributed by atoms with E-state index in [1.54, 1.807) is 30.3 Å². The van der Waals surface area contributed by atoms with Crippen LogP contribution in [0, 0.1) is 6.92 Å². The van der Waals surface area contributed by atoms with Gasteiger partial charge in [-0.15, -0.1) is 11.3 Å². The number of nitrogens with zero attached hydrogens (tertiary/aromatic N) is 3. The molecule has 1 aromatic heterocycles. The summed E-state index contributed by atoms with van der Waals surface area (Å²) in [6.45, 7) is 3.07. The van der Waals surface area contributed by atoms with Gasteiger partial charge in [-0.1, -0.05) is 0 Å². The van der Waals surface area contributed by atoms with Crippen LogP contribution in [-0.4, -0.2) is 59.7 Å². The lowest BCUT2D eigenvalue weighted by Crippen LogP contribution is -2.33. The average molecular weight is 323 g/mol. The topological polar surface area (TPSA) is 60.9 Å². The first kappa shape index (κ1) is 16.5. The third-order valence-corrected chi connectivity index (χ3v) is 4.79. The summed E-state index contributed by atoms with van der Waals surface area (Å²) < 4.78 is 0. The number of amides is 4. The van der Waals surface area contributed by atoms with Crippen LogP contribution in [0.15, 0.2) is 11.4 Å². The molecule has 1 saturated heterocycles. The fraction of sp³-hybridized carbons (Fsp3) is 0.533. The molecule has 1 aliphatic heterocycles. The summed E-state index contributed by atoms with van der Waals surface area (Å²) in [4.78, 5) is 40.9. The highest BCUT2D eigenvalue weighted by atomic mass is 32.1. The zero-order valence-electron chi connectivity index (χ0n) is 13.2. The zero-order chi connectivity index (χ0) is 16.3. The van der Waals surface area contributed by atoms with Crippen molar-refractivity contribution in [3.05, 3.63) is 21.9 Å². The third-order valence-electron chi connectivity index (χ3n) is 3.78. The smallest absolute Gasteiger partial charge is 0.326 e. The quantitative estimate of drug-likeness (QED) is 0.749. The molecule has 0 saturated carbocycles. The Morgan fingerprint density at radius 2 is 2.14 bits per heavy atom. The predicted octanol–water partition coefficient (Wildman–Crippen LogP) is 1.69. The van der Waals surface area contributed by atoms with Gasteiger partial charge in [-0.2, -0.15) is 0 Å². The van der Waals surface area contributed by atoms with E-state index < -0.39 is 0 Å². The number of urea groups is 1. The number of hydrogen-bond donors (Lipinski definition) is 0. The molecule has 22 heavy (non-hydrogen) atoms. The summed E-state index contributed by atoms with van der Waals surface area (Å²) in [6.07, 6.45) is 0.833. The summed E-state index contributed by atoms with van der Waals surface area (Å²) in [6, 6.07) is 1.76. The van der Waals surface area contributed by atoms with Crippen molar-refractivity contribution in [3.8, 4) is 0 Å². The maximum Gasteiger partial charge on any atom is 0.326 e. The minimum atomic E-state index is -0.278. The van der Waals surface area contributed by atoms with Crippen LogP contribution < -0.4 is 0 Å². The number of carbonyl (C=O) groups is 3. The molecule has 1 aliphatic rings. The molecular weight excluding hydrogens is 302 g/mol. The Kier molecular flexibility index (Phi) is 5.18. The average Bonchev–Trinajstić information content (AvgIpc) is 2.97. The van der Waals surface area contributed by atoms with Crippen LogP contribution in [0.4, 0.5) is 4.79 Å². The second kappa shape index (κ2) is 6.91. The minimum Gasteiger partial charge on any atom is -0.341 e. The Labute approximate surface area is 134 Å². The van der Waals surface area contributed by atoms with Gasteiger partial charge in [0.1, 0.15) is 6.54 Å². The number of imide groups is 1. The molecule has 0 radical (unpaired) electrons. The van der Waals surface area contributed by atoms with Gasteiger partial charge < -0.3 is 9.80 Å². The Morgan fingerprint density at radius 3 is 2.68 bits per heavy atom. The largest absolute Gasteiger partial charge is 0.341 e. The van der Waals surface area contributed by atoms with E-state index in [0.717, 1.165) is 0 Å². The van der Waals surface area contributed by atoms with Gasteiger partial charge in [0.05, 0.1) is 6.54 Å². The summed E-state index contributed by atoms with van der Waals surface area (Å²) >= 11 is 1.64. The molecule has 120 valence electrons. The number of carbonyl (C=O) groups excluding carboxylic acids is 3. The molecule has 0 aromatic carbocycles. The Bertz CT molecular complexity index is 584. The molecule has 4 amide bonds. The summed E-state index contributed by atoms with van der Waals surface area (Å²) in [5.74, 6) is -0.164. The SMILES string of the molecule is Cc1ccsc1CN(C)C(=O)CCCN1C(=O)CN(C)C1=O. The maximum absolute atomic E-state index is 12.1. The summed E-state index contributed by atoms with van der Waals surface area (Å²) in [5, 5.41) is 2.02. The van der Waals surface area contributed by atoms with E-state index >= 15 is 0 Å². The molecule has 0 atom stereocenters. The number of rotatable bonds is 6. The highest BCUT2D eigenvalue weighted by Crippen LogP contribution is 2.18. The molecular formula is C15H21N3O3S. The first-order chi connectivity index (χ1) is 10.4. The lowest BCUT2D eigenvalue weighted by atomic mass is 10.2. The molecule has 0 unspecified atom stereocenters. The van der Waals surface area contributed by atoms with Crippen LogP contribution in [-0.2, 0) is 16.1 Å². The van der Waals surface area contributed by atoms with Gasteiger partial charge >= 0.3 is 6.03 Å². The van der Waals surface area contributed by atoms with Crippen LogP contribution >= 0.6 is 11.3 Å². The maximum atomic E-state index is 12.1. The van der Waals surface area contributed by atoms with E-state index in [-0.39, 0.29) is 24.4 Å².